The molecule has 17 heavy (non-hydrogen) atoms. The summed E-state index contributed by atoms with van der Waals surface area (Å²) in [6.07, 6.45) is 4.02. The summed E-state index contributed by atoms with van der Waals surface area (Å²) in [5.41, 5.74) is -0.249. The molecule has 0 bridgehead atoms. The van der Waals surface area contributed by atoms with Gasteiger partial charge in [-0.1, -0.05) is 19.8 Å². The average molecular weight is 241 g/mol. The molecule has 1 saturated carbocycles. The number of aliphatic hydroxyl groups is 2. The van der Waals surface area contributed by atoms with Crippen LogP contribution in [0, 0.1) is 11.3 Å². The maximum atomic E-state index is 11.4. The summed E-state index contributed by atoms with van der Waals surface area (Å²) in [4.78, 5) is 13.5. The fourth-order valence-electron chi connectivity index (χ4n) is 3.41. The maximum absolute atomic E-state index is 11.4. The second-order valence-electron chi connectivity index (χ2n) is 6.01. The molecule has 4 unspecified atom stereocenters. The highest BCUT2D eigenvalue weighted by Crippen LogP contribution is 2.38. The summed E-state index contributed by atoms with van der Waals surface area (Å²) in [6, 6.07) is 0. The van der Waals surface area contributed by atoms with Crippen LogP contribution in [0.2, 0.25) is 0 Å². The van der Waals surface area contributed by atoms with E-state index in [1.807, 2.05) is 4.90 Å². The number of β-amino-alcohol motifs (C(OH)–C–C–N with tert-alkyl or cyclic N) is 2. The minimum Gasteiger partial charge on any atom is -0.389 e. The van der Waals surface area contributed by atoms with E-state index in [1.54, 1.807) is 0 Å². The van der Waals surface area contributed by atoms with Gasteiger partial charge in [0.15, 0.2) is 0 Å². The van der Waals surface area contributed by atoms with Crippen molar-refractivity contribution in [2.24, 2.45) is 11.3 Å². The molecule has 1 saturated heterocycles. The summed E-state index contributed by atoms with van der Waals surface area (Å²) in [5.74, 6) is 0.603. The van der Waals surface area contributed by atoms with Gasteiger partial charge in [0, 0.05) is 25.0 Å². The van der Waals surface area contributed by atoms with Crippen molar-refractivity contribution >= 4 is 6.29 Å². The zero-order valence-corrected chi connectivity index (χ0v) is 10.5. The first-order valence-electron chi connectivity index (χ1n) is 6.59. The Kier molecular flexibility index (Phi) is 3.85. The molecule has 4 heteroatoms. The van der Waals surface area contributed by atoms with Gasteiger partial charge < -0.3 is 15.0 Å². The topological polar surface area (TPSA) is 60.8 Å². The number of nitrogens with zero attached hydrogens (tertiary/aromatic N) is 1. The van der Waals surface area contributed by atoms with Crippen molar-refractivity contribution in [2.75, 3.05) is 19.6 Å². The van der Waals surface area contributed by atoms with Crippen molar-refractivity contribution in [3.8, 4) is 0 Å². The van der Waals surface area contributed by atoms with E-state index in [-0.39, 0.29) is 5.41 Å². The van der Waals surface area contributed by atoms with Crippen molar-refractivity contribution in [3.05, 3.63) is 0 Å². The molecule has 4 atom stereocenters. The molecule has 1 aliphatic carbocycles. The van der Waals surface area contributed by atoms with Crippen molar-refractivity contribution in [1.82, 2.24) is 4.90 Å². The average Bonchev–Trinajstić information content (AvgIpc) is 2.57. The number of hydrogen-bond donors (Lipinski definition) is 2. The molecular weight excluding hydrogens is 218 g/mol. The predicted octanol–water partition coefficient (Wildman–Crippen LogP) is 0.419. The van der Waals surface area contributed by atoms with Crippen molar-refractivity contribution < 1.29 is 15.0 Å². The molecule has 0 aromatic carbocycles. The molecule has 4 nitrogen and oxygen atoms in total. The fourth-order valence-corrected chi connectivity index (χ4v) is 3.41. The Labute approximate surface area is 103 Å². The predicted molar refractivity (Wildman–Crippen MR) is 64.6 cm³/mol. The van der Waals surface area contributed by atoms with Crippen molar-refractivity contribution in [1.29, 1.82) is 0 Å². The van der Waals surface area contributed by atoms with Gasteiger partial charge in [-0.25, -0.2) is 0 Å². The Bertz CT molecular complexity index is 274. The summed E-state index contributed by atoms with van der Waals surface area (Å²) in [7, 11) is 0. The van der Waals surface area contributed by atoms with Gasteiger partial charge in [0.2, 0.25) is 0 Å². The van der Waals surface area contributed by atoms with Crippen LogP contribution in [0.1, 0.15) is 32.6 Å². The Morgan fingerprint density at radius 3 is 2.53 bits per heavy atom. The van der Waals surface area contributed by atoms with Crippen LogP contribution in [0.4, 0.5) is 0 Å². The lowest BCUT2D eigenvalue weighted by Gasteiger charge is -2.38. The molecule has 2 fully saturated rings. The minimum absolute atomic E-state index is 0.249. The Hall–Kier alpha value is -0.450. The largest absolute Gasteiger partial charge is 0.389 e. The van der Waals surface area contributed by atoms with Crippen LogP contribution >= 0.6 is 0 Å². The molecule has 0 radical (unpaired) electrons. The lowest BCUT2D eigenvalue weighted by molar-refractivity contribution is -0.120. The molecule has 0 aromatic rings. The number of carbonyl (C=O) groups is 1. The van der Waals surface area contributed by atoms with Crippen molar-refractivity contribution in [3.63, 3.8) is 0 Å². The van der Waals surface area contributed by atoms with Gasteiger partial charge in [0.05, 0.1) is 12.2 Å². The second-order valence-corrected chi connectivity index (χ2v) is 6.01. The zero-order valence-electron chi connectivity index (χ0n) is 10.5. The first kappa shape index (κ1) is 13.0. The van der Waals surface area contributed by atoms with Crippen LogP contribution in [-0.2, 0) is 4.79 Å². The smallest absolute Gasteiger partial charge is 0.127 e. The SMILES string of the molecule is CC1CCCC(C=O)(CN2CC(O)C(O)C2)C1. The maximum Gasteiger partial charge on any atom is 0.127 e. The van der Waals surface area contributed by atoms with Gasteiger partial charge in [0.1, 0.15) is 6.29 Å². The van der Waals surface area contributed by atoms with Crippen molar-refractivity contribution in [2.45, 2.75) is 44.8 Å². The Morgan fingerprint density at radius 2 is 2.00 bits per heavy atom. The van der Waals surface area contributed by atoms with E-state index in [0.717, 1.165) is 25.5 Å². The van der Waals surface area contributed by atoms with Crippen LogP contribution in [0.15, 0.2) is 0 Å². The number of aldehydes is 1. The molecule has 1 heterocycles. The van der Waals surface area contributed by atoms with Crippen LogP contribution in [-0.4, -0.2) is 53.2 Å². The molecule has 2 rings (SSSR count). The number of hydrogen-bond acceptors (Lipinski definition) is 4. The molecule has 2 aliphatic rings. The minimum atomic E-state index is -0.653. The first-order chi connectivity index (χ1) is 8.04. The number of carbonyl (C=O) groups excluding carboxylic acids is 1. The fraction of sp³-hybridized carbons (Fsp3) is 0.923. The lowest BCUT2D eigenvalue weighted by atomic mass is 9.71. The summed E-state index contributed by atoms with van der Waals surface area (Å²) in [5, 5.41) is 19.1. The van der Waals surface area contributed by atoms with E-state index < -0.39 is 12.2 Å². The molecule has 1 aliphatic heterocycles. The number of likely N-dealkylation sites (tertiary alicyclic amines) is 1. The van der Waals surface area contributed by atoms with Crippen LogP contribution in [0.5, 0.6) is 0 Å². The first-order valence-corrected chi connectivity index (χ1v) is 6.59. The zero-order chi connectivity index (χ0) is 12.5. The number of aliphatic hydroxyl groups excluding tert-OH is 2. The van der Waals surface area contributed by atoms with Crippen LogP contribution in [0.25, 0.3) is 0 Å². The van der Waals surface area contributed by atoms with Gasteiger partial charge in [-0.3, -0.25) is 4.90 Å². The molecule has 2 N–H and O–H groups in total. The van der Waals surface area contributed by atoms with Gasteiger partial charge in [-0.2, -0.15) is 0 Å². The van der Waals surface area contributed by atoms with E-state index in [0.29, 0.717) is 25.6 Å². The van der Waals surface area contributed by atoms with Crippen LogP contribution < -0.4 is 0 Å². The summed E-state index contributed by atoms with van der Waals surface area (Å²) in [6.45, 7) is 3.87. The monoisotopic (exact) mass is 241 g/mol. The molecule has 98 valence electrons. The lowest BCUT2D eigenvalue weighted by Crippen LogP contribution is -2.41. The van der Waals surface area contributed by atoms with E-state index >= 15 is 0 Å². The standard InChI is InChI=1S/C13H23NO3/c1-10-3-2-4-13(5-10,9-15)8-14-6-11(16)12(17)7-14/h9-12,16-17H,2-8H2,1H3. The van der Waals surface area contributed by atoms with E-state index in [9.17, 15) is 15.0 Å². The highest BCUT2D eigenvalue weighted by Gasteiger charge is 2.39. The normalized spacial score (nSPS) is 43.8. The third-order valence-electron chi connectivity index (χ3n) is 4.25. The van der Waals surface area contributed by atoms with Gasteiger partial charge in [0.25, 0.3) is 0 Å². The van der Waals surface area contributed by atoms with E-state index in [2.05, 4.69) is 6.92 Å². The Morgan fingerprint density at radius 1 is 1.35 bits per heavy atom. The van der Waals surface area contributed by atoms with Gasteiger partial charge in [-0.15, -0.1) is 0 Å². The van der Waals surface area contributed by atoms with Crippen LogP contribution in [0.3, 0.4) is 0 Å². The number of rotatable bonds is 3. The Balaban J connectivity index is 1.97. The third kappa shape index (κ3) is 2.87. The quantitative estimate of drug-likeness (QED) is 0.703. The third-order valence-corrected chi connectivity index (χ3v) is 4.25. The van der Waals surface area contributed by atoms with E-state index in [1.165, 1.54) is 6.42 Å². The summed E-state index contributed by atoms with van der Waals surface area (Å²) >= 11 is 0. The highest BCUT2D eigenvalue weighted by molar-refractivity contribution is 5.60. The van der Waals surface area contributed by atoms with Gasteiger partial charge >= 0.3 is 0 Å². The molecule has 0 spiro atoms. The molecule has 0 amide bonds. The second kappa shape index (κ2) is 5.04. The van der Waals surface area contributed by atoms with E-state index in [4.69, 9.17) is 0 Å². The highest BCUT2D eigenvalue weighted by atomic mass is 16.3. The summed E-state index contributed by atoms with van der Waals surface area (Å²) < 4.78 is 0. The molecule has 0 aromatic heterocycles. The molecular formula is C13H23NO3. The van der Waals surface area contributed by atoms with Gasteiger partial charge in [-0.05, 0) is 18.8 Å².